The van der Waals surface area contributed by atoms with Crippen LogP contribution in [0.15, 0.2) is 48.5 Å². The van der Waals surface area contributed by atoms with Crippen molar-refractivity contribution in [1.29, 1.82) is 0 Å². The second-order valence-electron chi connectivity index (χ2n) is 4.87. The number of carbonyl (C=O) groups is 1. The summed E-state index contributed by atoms with van der Waals surface area (Å²) in [6.45, 7) is 1.94. The van der Waals surface area contributed by atoms with Gasteiger partial charge in [0.2, 0.25) is 5.91 Å². The molecular weight excluding hydrogens is 325 g/mol. The van der Waals surface area contributed by atoms with Crippen LogP contribution in [-0.4, -0.2) is 11.2 Å². The maximum absolute atomic E-state index is 12.5. The number of carbonyl (C=O) groups excluding carboxylic acids is 1. The highest BCUT2D eigenvalue weighted by atomic mass is 35.5. The van der Waals surface area contributed by atoms with Gasteiger partial charge in [-0.05, 0) is 48.9 Å². The average molecular weight is 338 g/mol. The first-order valence-electron chi connectivity index (χ1n) is 6.56. The van der Waals surface area contributed by atoms with Crippen LogP contribution in [0, 0.1) is 0 Å². The number of thioether (sulfide) groups is 1. The summed E-state index contributed by atoms with van der Waals surface area (Å²) >= 11 is 13.5. The minimum atomic E-state index is -0.0682. The van der Waals surface area contributed by atoms with Gasteiger partial charge < -0.3 is 0 Å². The Hall–Kier alpha value is -1.16. The second-order valence-corrected chi connectivity index (χ2v) is 7.17. The topological polar surface area (TPSA) is 20.3 Å². The lowest BCUT2D eigenvalue weighted by Crippen LogP contribution is -2.30. The van der Waals surface area contributed by atoms with E-state index in [1.54, 1.807) is 23.9 Å². The monoisotopic (exact) mass is 337 g/mol. The number of nitrogens with zero attached hydrogens (tertiary/aromatic N) is 1. The summed E-state index contributed by atoms with van der Waals surface area (Å²) in [6, 6.07) is 15.0. The largest absolute Gasteiger partial charge is 0.295 e. The second kappa shape index (κ2) is 5.91. The Balaban J connectivity index is 2.00. The van der Waals surface area contributed by atoms with Gasteiger partial charge in [0, 0.05) is 15.7 Å². The van der Waals surface area contributed by atoms with Crippen LogP contribution in [0.25, 0.3) is 0 Å². The van der Waals surface area contributed by atoms with E-state index in [1.807, 2.05) is 48.2 Å². The van der Waals surface area contributed by atoms with Crippen LogP contribution < -0.4 is 4.90 Å². The zero-order chi connectivity index (χ0) is 15.0. The maximum atomic E-state index is 12.5. The predicted molar refractivity (Wildman–Crippen MR) is 90.2 cm³/mol. The number of amides is 1. The first-order chi connectivity index (χ1) is 10.1. The molecule has 1 fully saturated rings. The Labute approximate surface area is 138 Å². The molecule has 0 aliphatic carbocycles. The van der Waals surface area contributed by atoms with Gasteiger partial charge in [-0.15, -0.1) is 11.8 Å². The minimum Gasteiger partial charge on any atom is -0.295 e. The molecule has 0 bridgehead atoms. The molecule has 2 unspecified atom stereocenters. The lowest BCUT2D eigenvalue weighted by molar-refractivity contribution is -0.117. The molecule has 1 amide bonds. The van der Waals surface area contributed by atoms with E-state index in [9.17, 15) is 4.79 Å². The molecule has 2 nitrogen and oxygen atoms in total. The van der Waals surface area contributed by atoms with Crippen LogP contribution in [-0.2, 0) is 4.79 Å². The Morgan fingerprint density at radius 3 is 2.05 bits per heavy atom. The summed E-state index contributed by atoms with van der Waals surface area (Å²) in [5, 5.41) is 1.25. The van der Waals surface area contributed by atoms with E-state index in [0.717, 1.165) is 11.3 Å². The summed E-state index contributed by atoms with van der Waals surface area (Å²) in [4.78, 5) is 14.3. The number of benzene rings is 2. The lowest BCUT2D eigenvalue weighted by Gasteiger charge is -2.24. The van der Waals surface area contributed by atoms with Crippen molar-refractivity contribution in [3.05, 3.63) is 64.1 Å². The van der Waals surface area contributed by atoms with E-state index in [2.05, 4.69) is 0 Å². The predicted octanol–water partition coefficient (Wildman–Crippen LogP) is 5.16. The van der Waals surface area contributed by atoms with E-state index < -0.39 is 0 Å². The van der Waals surface area contributed by atoms with Gasteiger partial charge in [-0.3, -0.25) is 9.69 Å². The van der Waals surface area contributed by atoms with Crippen molar-refractivity contribution in [1.82, 2.24) is 0 Å². The normalized spacial score (nSPS) is 21.9. The van der Waals surface area contributed by atoms with Crippen LogP contribution in [0.2, 0.25) is 10.0 Å². The molecule has 0 saturated carbocycles. The van der Waals surface area contributed by atoms with E-state index in [0.29, 0.717) is 10.0 Å². The Morgan fingerprint density at radius 1 is 0.952 bits per heavy atom. The molecule has 3 rings (SSSR count). The highest BCUT2D eigenvalue weighted by molar-refractivity contribution is 8.01. The van der Waals surface area contributed by atoms with Gasteiger partial charge in [0.05, 0.1) is 5.25 Å². The molecule has 1 aliphatic rings. The van der Waals surface area contributed by atoms with Crippen LogP contribution in [0.3, 0.4) is 0 Å². The minimum absolute atomic E-state index is 0.0362. The molecule has 2 aromatic carbocycles. The molecule has 2 atom stereocenters. The summed E-state index contributed by atoms with van der Waals surface area (Å²) in [7, 11) is 0. The van der Waals surface area contributed by atoms with Gasteiger partial charge in [0.15, 0.2) is 0 Å². The van der Waals surface area contributed by atoms with Crippen molar-refractivity contribution in [3.8, 4) is 0 Å². The fourth-order valence-electron chi connectivity index (χ4n) is 2.34. The molecule has 0 N–H and O–H groups in total. The van der Waals surface area contributed by atoms with Gasteiger partial charge in [0.25, 0.3) is 0 Å². The molecule has 2 aromatic rings. The molecular formula is C16H13Cl2NOS. The highest BCUT2D eigenvalue weighted by Gasteiger charge is 2.39. The van der Waals surface area contributed by atoms with Gasteiger partial charge in [-0.2, -0.15) is 0 Å². The molecule has 21 heavy (non-hydrogen) atoms. The van der Waals surface area contributed by atoms with Crippen LogP contribution in [0.5, 0.6) is 0 Å². The molecule has 1 heterocycles. The fraction of sp³-hybridized carbons (Fsp3) is 0.188. The van der Waals surface area contributed by atoms with Gasteiger partial charge in [0.1, 0.15) is 5.37 Å². The molecule has 5 heteroatoms. The molecule has 1 saturated heterocycles. The average Bonchev–Trinajstić information content (AvgIpc) is 2.77. The number of rotatable bonds is 2. The third-order valence-electron chi connectivity index (χ3n) is 3.41. The molecule has 0 aromatic heterocycles. The maximum Gasteiger partial charge on any atom is 0.241 e. The Morgan fingerprint density at radius 2 is 1.48 bits per heavy atom. The summed E-state index contributed by atoms with van der Waals surface area (Å²) in [5.41, 5.74) is 1.93. The molecule has 1 aliphatic heterocycles. The van der Waals surface area contributed by atoms with Gasteiger partial charge in [-0.25, -0.2) is 0 Å². The van der Waals surface area contributed by atoms with E-state index in [-0.39, 0.29) is 16.5 Å². The first kappa shape index (κ1) is 14.8. The first-order valence-corrected chi connectivity index (χ1v) is 8.26. The van der Waals surface area contributed by atoms with Gasteiger partial charge in [-0.1, -0.05) is 35.3 Å². The number of hydrogen-bond donors (Lipinski definition) is 0. The van der Waals surface area contributed by atoms with Crippen LogP contribution in [0.1, 0.15) is 17.9 Å². The van der Waals surface area contributed by atoms with Gasteiger partial charge >= 0.3 is 0 Å². The van der Waals surface area contributed by atoms with Crippen molar-refractivity contribution < 1.29 is 4.79 Å². The van der Waals surface area contributed by atoms with E-state index >= 15 is 0 Å². The quantitative estimate of drug-likeness (QED) is 0.754. The molecule has 0 spiro atoms. The lowest BCUT2D eigenvalue weighted by atomic mass is 10.2. The Bertz CT molecular complexity index is 657. The van der Waals surface area contributed by atoms with Crippen LogP contribution >= 0.6 is 35.0 Å². The van der Waals surface area contributed by atoms with Crippen molar-refractivity contribution in [2.24, 2.45) is 0 Å². The Kier molecular flexibility index (Phi) is 4.16. The SMILES string of the molecule is CC1SC(c2ccc(Cl)cc2)N(c2ccc(Cl)cc2)C1=O. The molecule has 0 radical (unpaired) electrons. The third kappa shape index (κ3) is 2.91. The zero-order valence-corrected chi connectivity index (χ0v) is 13.6. The van der Waals surface area contributed by atoms with Crippen molar-refractivity contribution in [2.75, 3.05) is 4.90 Å². The summed E-state index contributed by atoms with van der Waals surface area (Å²) in [5.74, 6) is 0.113. The fourth-order valence-corrected chi connectivity index (χ4v) is 3.87. The third-order valence-corrected chi connectivity index (χ3v) is 5.27. The van der Waals surface area contributed by atoms with Crippen LogP contribution in [0.4, 0.5) is 5.69 Å². The van der Waals surface area contributed by atoms with E-state index in [4.69, 9.17) is 23.2 Å². The highest BCUT2D eigenvalue weighted by Crippen LogP contribution is 2.45. The molecule has 108 valence electrons. The summed E-state index contributed by atoms with van der Waals surface area (Å²) < 4.78 is 0. The van der Waals surface area contributed by atoms with Crippen molar-refractivity contribution in [2.45, 2.75) is 17.5 Å². The van der Waals surface area contributed by atoms with Crippen molar-refractivity contribution in [3.63, 3.8) is 0 Å². The standard InChI is InChI=1S/C16H13Cl2NOS/c1-10-15(20)19(14-8-6-13(18)7-9-14)16(21-10)11-2-4-12(17)5-3-11/h2-10,16H,1H3. The van der Waals surface area contributed by atoms with Crippen molar-refractivity contribution >= 4 is 46.6 Å². The number of anilines is 1. The number of halogens is 2. The summed E-state index contributed by atoms with van der Waals surface area (Å²) in [6.07, 6.45) is 0. The van der Waals surface area contributed by atoms with E-state index in [1.165, 1.54) is 0 Å². The smallest absolute Gasteiger partial charge is 0.241 e. The number of hydrogen-bond acceptors (Lipinski definition) is 2. The zero-order valence-electron chi connectivity index (χ0n) is 11.3.